The fraction of sp³-hybridized carbons (Fsp3) is 0.654. The van der Waals surface area contributed by atoms with Gasteiger partial charge in [0.15, 0.2) is 5.11 Å². The van der Waals surface area contributed by atoms with Crippen molar-refractivity contribution >= 4 is 29.1 Å². The summed E-state index contributed by atoms with van der Waals surface area (Å²) in [5.41, 5.74) is 1.55. The average molecular weight is 469 g/mol. The molecule has 2 saturated heterocycles. The van der Waals surface area contributed by atoms with Crippen molar-refractivity contribution in [2.45, 2.75) is 75.8 Å². The van der Waals surface area contributed by atoms with Crippen molar-refractivity contribution in [2.24, 2.45) is 11.3 Å². The Labute approximate surface area is 202 Å². The molecular weight excluding hydrogens is 432 g/mol. The number of rotatable bonds is 5. The molecule has 0 radical (unpaired) electrons. The highest BCUT2D eigenvalue weighted by Crippen LogP contribution is 2.59. The number of hydrogen-bond donors (Lipinski definition) is 3. The van der Waals surface area contributed by atoms with Gasteiger partial charge in [-0.1, -0.05) is 43.2 Å². The van der Waals surface area contributed by atoms with Crippen molar-refractivity contribution in [3.63, 3.8) is 0 Å². The summed E-state index contributed by atoms with van der Waals surface area (Å²) in [4.78, 5) is 28.1. The van der Waals surface area contributed by atoms with Gasteiger partial charge in [0, 0.05) is 37.0 Å². The molecule has 1 spiro atoms. The Bertz CT molecular complexity index is 906. The lowest BCUT2D eigenvalue weighted by Crippen LogP contribution is -2.59. The molecular formula is C26H36N4O2S. The summed E-state index contributed by atoms with van der Waals surface area (Å²) in [6.45, 7) is 4.28. The molecule has 3 N–H and O–H groups in total. The predicted octanol–water partition coefficient (Wildman–Crippen LogP) is 2.87. The molecule has 1 aromatic carbocycles. The SMILES string of the molecule is C[C@@H]1C[C@@H](C(=O)N2CCC3(CC2)C[C@H]3C(=O)NCC2(c3ccccc3)CCCC2)NC(=S)N1. The number of nitrogens with one attached hydrogen (secondary N) is 3. The Morgan fingerprint density at radius 1 is 1.09 bits per heavy atom. The maximum atomic E-state index is 13.1. The average Bonchev–Trinajstić information content (AvgIpc) is 3.29. The first-order valence-electron chi connectivity index (χ1n) is 12.6. The number of carbonyl (C=O) groups is 2. The largest absolute Gasteiger partial charge is 0.360 e. The number of thiocarbonyl (C=S) groups is 1. The Morgan fingerprint density at radius 3 is 2.45 bits per heavy atom. The van der Waals surface area contributed by atoms with Crippen molar-refractivity contribution in [3.8, 4) is 0 Å². The van der Waals surface area contributed by atoms with Gasteiger partial charge in [0.2, 0.25) is 11.8 Å². The van der Waals surface area contributed by atoms with Crippen molar-refractivity contribution in [2.75, 3.05) is 19.6 Å². The van der Waals surface area contributed by atoms with Crippen molar-refractivity contribution in [3.05, 3.63) is 35.9 Å². The first kappa shape index (κ1) is 22.6. The molecule has 0 aromatic heterocycles. The van der Waals surface area contributed by atoms with E-state index in [9.17, 15) is 9.59 Å². The zero-order valence-corrected chi connectivity index (χ0v) is 20.4. The normalized spacial score (nSPS) is 29.8. The number of piperidine rings is 1. The van der Waals surface area contributed by atoms with Gasteiger partial charge in [0.1, 0.15) is 6.04 Å². The lowest BCUT2D eigenvalue weighted by molar-refractivity contribution is -0.135. The predicted molar refractivity (Wildman–Crippen MR) is 133 cm³/mol. The number of amides is 2. The van der Waals surface area contributed by atoms with Crippen molar-refractivity contribution in [1.29, 1.82) is 0 Å². The highest BCUT2D eigenvalue weighted by molar-refractivity contribution is 7.80. The highest BCUT2D eigenvalue weighted by atomic mass is 32.1. The summed E-state index contributed by atoms with van der Waals surface area (Å²) in [7, 11) is 0. The van der Waals surface area contributed by atoms with E-state index in [0.29, 0.717) is 5.11 Å². The van der Waals surface area contributed by atoms with Crippen LogP contribution in [0.25, 0.3) is 0 Å². The summed E-state index contributed by atoms with van der Waals surface area (Å²) in [5, 5.41) is 10.2. The zero-order valence-electron chi connectivity index (χ0n) is 19.6. The maximum absolute atomic E-state index is 13.1. The van der Waals surface area contributed by atoms with Gasteiger partial charge in [-0.2, -0.15) is 0 Å². The zero-order chi connectivity index (χ0) is 23.1. The molecule has 7 heteroatoms. The molecule has 33 heavy (non-hydrogen) atoms. The topological polar surface area (TPSA) is 73.5 Å². The Kier molecular flexibility index (Phi) is 6.10. The molecule has 178 valence electrons. The first-order valence-corrected chi connectivity index (χ1v) is 13.0. The van der Waals surface area contributed by atoms with E-state index < -0.39 is 0 Å². The van der Waals surface area contributed by atoms with Gasteiger partial charge in [0.05, 0.1) is 0 Å². The van der Waals surface area contributed by atoms with Gasteiger partial charge in [-0.15, -0.1) is 0 Å². The standard InChI is InChI=1S/C26H36N4O2S/c1-18-15-21(29-24(33)28-18)23(32)30-13-11-25(12-14-30)16-20(25)22(31)27-17-26(9-5-6-10-26)19-7-3-2-4-8-19/h2-4,7-8,18,20-21H,5-6,9-17H2,1H3,(H,27,31)(H2,28,29,33)/t18-,20+,21+/m1/s1. The van der Waals surface area contributed by atoms with E-state index in [1.807, 2.05) is 4.90 Å². The second-order valence-electron chi connectivity index (χ2n) is 10.8. The lowest BCUT2D eigenvalue weighted by atomic mass is 9.78. The fourth-order valence-electron chi connectivity index (χ4n) is 6.51. The second kappa shape index (κ2) is 8.90. The Balaban J connectivity index is 1.13. The molecule has 0 unspecified atom stereocenters. The minimum absolute atomic E-state index is 0.0916. The Hall–Kier alpha value is -2.15. The number of hydrogen-bond acceptors (Lipinski definition) is 3. The summed E-state index contributed by atoms with van der Waals surface area (Å²) in [5.74, 6) is 0.470. The van der Waals surface area contributed by atoms with Gasteiger partial charge >= 0.3 is 0 Å². The minimum atomic E-state index is -0.235. The van der Waals surface area contributed by atoms with Crippen LogP contribution in [-0.4, -0.2) is 53.5 Å². The lowest BCUT2D eigenvalue weighted by Gasteiger charge is -2.38. The van der Waals surface area contributed by atoms with E-state index in [1.165, 1.54) is 18.4 Å². The van der Waals surface area contributed by atoms with Gasteiger partial charge < -0.3 is 20.9 Å². The Morgan fingerprint density at radius 2 is 1.79 bits per heavy atom. The molecule has 2 amide bonds. The molecule has 2 aliphatic heterocycles. The van der Waals surface area contributed by atoms with Crippen LogP contribution in [0.5, 0.6) is 0 Å². The molecule has 2 saturated carbocycles. The van der Waals surface area contributed by atoms with Crippen molar-refractivity contribution in [1.82, 2.24) is 20.9 Å². The summed E-state index contributed by atoms with van der Waals surface area (Å²) in [6.07, 6.45) is 8.32. The third-order valence-electron chi connectivity index (χ3n) is 8.70. The molecule has 2 aliphatic carbocycles. The smallest absolute Gasteiger partial charge is 0.245 e. The second-order valence-corrected chi connectivity index (χ2v) is 11.2. The van der Waals surface area contributed by atoms with Crippen LogP contribution in [-0.2, 0) is 15.0 Å². The number of likely N-dealkylation sites (tertiary alicyclic amines) is 1. The minimum Gasteiger partial charge on any atom is -0.360 e. The van der Waals surface area contributed by atoms with Crippen LogP contribution < -0.4 is 16.0 Å². The monoisotopic (exact) mass is 468 g/mol. The third kappa shape index (κ3) is 4.48. The van der Waals surface area contributed by atoms with Crippen LogP contribution in [0.4, 0.5) is 0 Å². The molecule has 4 aliphatic rings. The van der Waals surface area contributed by atoms with Crippen LogP contribution in [0, 0.1) is 11.3 Å². The van der Waals surface area contributed by atoms with Gasteiger partial charge in [-0.05, 0) is 68.6 Å². The van der Waals surface area contributed by atoms with Gasteiger partial charge in [-0.3, -0.25) is 9.59 Å². The summed E-state index contributed by atoms with van der Waals surface area (Å²) >= 11 is 5.24. The van der Waals surface area contributed by atoms with Crippen LogP contribution in [0.2, 0.25) is 0 Å². The number of benzene rings is 1. The number of nitrogens with zero attached hydrogens (tertiary/aromatic N) is 1. The van der Waals surface area contributed by atoms with E-state index >= 15 is 0 Å². The quantitative estimate of drug-likeness (QED) is 0.580. The van der Waals surface area contributed by atoms with Crippen LogP contribution in [0.1, 0.15) is 63.9 Å². The molecule has 0 bridgehead atoms. The molecule has 1 aromatic rings. The van der Waals surface area contributed by atoms with Crippen LogP contribution in [0.3, 0.4) is 0 Å². The summed E-state index contributed by atoms with van der Waals surface area (Å²) in [6, 6.07) is 10.7. The third-order valence-corrected chi connectivity index (χ3v) is 8.93. The fourth-order valence-corrected chi connectivity index (χ4v) is 6.86. The summed E-state index contributed by atoms with van der Waals surface area (Å²) < 4.78 is 0. The highest BCUT2D eigenvalue weighted by Gasteiger charge is 2.59. The van der Waals surface area contributed by atoms with Gasteiger partial charge in [-0.25, -0.2) is 0 Å². The van der Waals surface area contributed by atoms with Crippen LogP contribution >= 0.6 is 12.2 Å². The first-order chi connectivity index (χ1) is 15.9. The van der Waals surface area contributed by atoms with Crippen molar-refractivity contribution < 1.29 is 9.59 Å². The van der Waals surface area contributed by atoms with E-state index in [0.717, 1.165) is 58.2 Å². The van der Waals surface area contributed by atoms with E-state index in [4.69, 9.17) is 12.2 Å². The van der Waals surface area contributed by atoms with E-state index in [-0.39, 0.29) is 40.6 Å². The molecule has 2 heterocycles. The molecule has 5 rings (SSSR count). The van der Waals surface area contributed by atoms with E-state index in [2.05, 4.69) is 53.2 Å². The van der Waals surface area contributed by atoms with Crippen LogP contribution in [0.15, 0.2) is 30.3 Å². The molecule has 3 atom stereocenters. The molecule has 6 nitrogen and oxygen atoms in total. The maximum Gasteiger partial charge on any atom is 0.245 e. The molecule has 4 fully saturated rings. The number of carbonyl (C=O) groups excluding carboxylic acids is 2. The van der Waals surface area contributed by atoms with Gasteiger partial charge in [0.25, 0.3) is 0 Å². The van der Waals surface area contributed by atoms with E-state index in [1.54, 1.807) is 0 Å².